The molecule has 1 amide bonds. The molecule has 3 heterocycles. The van der Waals surface area contributed by atoms with Crippen molar-refractivity contribution in [3.8, 4) is 11.5 Å². The Bertz CT molecular complexity index is 2330. The largest absolute Gasteiger partial charge is 0.508 e. The highest BCUT2D eigenvalue weighted by Crippen LogP contribution is 2.53. The Hall–Kier alpha value is -5.22. The number of aromatic hydroxyl groups is 2. The number of nitrogens with zero attached hydrogens (tertiary/aromatic N) is 5. The number of rotatable bonds is 11. The number of carbonyl (C=O) groups excluding carboxylic acids is 2. The van der Waals surface area contributed by atoms with E-state index in [-0.39, 0.29) is 51.6 Å². The molecule has 7 rings (SSSR count). The van der Waals surface area contributed by atoms with Gasteiger partial charge in [-0.2, -0.15) is 0 Å². The predicted octanol–water partition coefficient (Wildman–Crippen LogP) is 7.74. The third-order valence-electron chi connectivity index (χ3n) is 12.5. The van der Waals surface area contributed by atoms with E-state index in [1.165, 1.54) is 35.7 Å². The van der Waals surface area contributed by atoms with Crippen LogP contribution < -0.4 is 26.6 Å². The van der Waals surface area contributed by atoms with Gasteiger partial charge in [0.15, 0.2) is 17.4 Å². The molecule has 3 aliphatic rings. The first kappa shape index (κ1) is 43.9. The van der Waals surface area contributed by atoms with Crippen molar-refractivity contribution in [1.82, 2.24) is 14.9 Å². The third kappa shape index (κ3) is 9.65. The molecule has 1 saturated carbocycles. The molecule has 4 aromatic rings. The second-order valence-electron chi connectivity index (χ2n) is 17.5. The smallest absolute Gasteiger partial charge is 0.227 e. The van der Waals surface area contributed by atoms with Gasteiger partial charge in [0.05, 0.1) is 22.5 Å². The molecule has 2 saturated heterocycles. The van der Waals surface area contributed by atoms with Gasteiger partial charge in [0, 0.05) is 54.7 Å². The number of nitrogens with two attached hydrogens (primary N) is 2. The van der Waals surface area contributed by atoms with Gasteiger partial charge in [0.2, 0.25) is 5.91 Å². The zero-order chi connectivity index (χ0) is 43.8. The van der Waals surface area contributed by atoms with Gasteiger partial charge >= 0.3 is 0 Å². The molecule has 0 atom stereocenters. The zero-order valence-corrected chi connectivity index (χ0v) is 36.7. The number of Topliss-reactive ketones (excluding diaryl/α,β-unsaturated/α-hetero) is 1. The van der Waals surface area contributed by atoms with Crippen LogP contribution in [-0.4, -0.2) is 80.2 Å². The number of anilines is 4. The van der Waals surface area contributed by atoms with E-state index in [1.54, 1.807) is 24.4 Å². The fourth-order valence-electron chi connectivity index (χ4n) is 8.55. The third-order valence-corrected chi connectivity index (χ3v) is 14.0. The Morgan fingerprint density at radius 1 is 1.02 bits per heavy atom. The first-order chi connectivity index (χ1) is 28.9. The zero-order valence-electron chi connectivity index (χ0n) is 35.1. The number of phenolic OH excluding ortho intramolecular Hbond substituents is 2. The molecular weight excluding hydrogens is 812 g/mol. The Morgan fingerprint density at radius 3 is 2.31 bits per heavy atom. The number of piperidine rings is 2. The molecular formula is C45H55ClN10O4S. The molecule has 3 aromatic carbocycles. The SMILES string of the molecule is CC(=O)C(=N)N(C(=N)c1cc(C(C)C)c(O)cc1O)c1ccc(CN2CCC3(CC2)CC(C(=O)Nc2cccc(Sc4ncc(N5CCC(C)(N)CC5)nc4N)c2Cl)C3)cc1. The van der Waals surface area contributed by atoms with Crippen molar-refractivity contribution >= 4 is 69.7 Å². The lowest BCUT2D eigenvalue weighted by Gasteiger charge is -2.51. The van der Waals surface area contributed by atoms with Crippen LogP contribution in [0, 0.1) is 22.2 Å². The molecule has 0 radical (unpaired) electrons. The Balaban J connectivity index is 0.911. The van der Waals surface area contributed by atoms with Crippen LogP contribution in [-0.2, 0) is 16.1 Å². The van der Waals surface area contributed by atoms with Crippen molar-refractivity contribution in [2.75, 3.05) is 47.0 Å². The maximum absolute atomic E-state index is 13.5. The number of phenols is 2. The molecule has 16 heteroatoms. The van der Waals surface area contributed by atoms with E-state index >= 15 is 0 Å². The van der Waals surface area contributed by atoms with E-state index in [0.717, 1.165) is 81.0 Å². The molecule has 0 unspecified atom stereocenters. The fraction of sp³-hybridized carbons (Fsp3) is 0.422. The minimum Gasteiger partial charge on any atom is -0.508 e. The lowest BCUT2D eigenvalue weighted by Crippen LogP contribution is -2.49. The molecule has 9 N–H and O–H groups in total. The highest BCUT2D eigenvalue weighted by Gasteiger charge is 2.48. The van der Waals surface area contributed by atoms with Crippen LogP contribution in [0.4, 0.5) is 23.0 Å². The van der Waals surface area contributed by atoms with Gasteiger partial charge < -0.3 is 31.9 Å². The van der Waals surface area contributed by atoms with Gasteiger partial charge in [-0.3, -0.25) is 30.2 Å². The van der Waals surface area contributed by atoms with Crippen molar-refractivity contribution < 1.29 is 19.8 Å². The fourth-order valence-corrected chi connectivity index (χ4v) is 9.65. The van der Waals surface area contributed by atoms with Gasteiger partial charge in [-0.15, -0.1) is 0 Å². The van der Waals surface area contributed by atoms with Crippen LogP contribution in [0.15, 0.2) is 70.7 Å². The number of halogens is 1. The second kappa shape index (κ2) is 17.6. The van der Waals surface area contributed by atoms with Gasteiger partial charge in [-0.25, -0.2) is 9.97 Å². The number of hydrogen-bond donors (Lipinski definition) is 7. The highest BCUT2D eigenvalue weighted by molar-refractivity contribution is 7.99. The number of likely N-dealkylation sites (tertiary alicyclic amines) is 1. The first-order valence-corrected chi connectivity index (χ1v) is 21.9. The Kier molecular flexibility index (Phi) is 12.7. The lowest BCUT2D eigenvalue weighted by molar-refractivity contribution is -0.129. The van der Waals surface area contributed by atoms with Gasteiger partial charge in [-0.1, -0.05) is 55.4 Å². The standard InChI is InChI=1S/C45H55ClN10O4S/c1-26(2)31-20-32(35(59)21-34(31)58)41(49)56(40(48)27(3)57)30-10-8-28(9-11-30)25-54-16-14-45(15-17-54)22-29(23-45)42(60)52-33-6-5-7-36(38(33)46)61-43-39(47)53-37(24-51-43)55-18-12-44(4,50)13-19-55/h5-11,20-21,24,26,29,48-49,58-59H,12-19,22-23,25,50H2,1-4H3,(H2,47,53)(H,52,60). The molecule has 1 aromatic heterocycles. The summed E-state index contributed by atoms with van der Waals surface area (Å²) in [6, 6.07) is 15.7. The average Bonchev–Trinajstić information content (AvgIpc) is 3.20. The normalized spacial score (nSPS) is 17.5. The predicted molar refractivity (Wildman–Crippen MR) is 242 cm³/mol. The molecule has 14 nitrogen and oxygen atoms in total. The van der Waals surface area contributed by atoms with Crippen molar-refractivity contribution in [2.45, 2.75) is 94.1 Å². The molecule has 1 spiro atoms. The van der Waals surface area contributed by atoms with E-state index in [4.69, 9.17) is 33.9 Å². The minimum absolute atomic E-state index is 0.0306. The summed E-state index contributed by atoms with van der Waals surface area (Å²) in [6.45, 7) is 11.2. The summed E-state index contributed by atoms with van der Waals surface area (Å²) in [7, 11) is 0. The summed E-state index contributed by atoms with van der Waals surface area (Å²) in [4.78, 5) is 41.6. The number of nitrogen functional groups attached to an aromatic ring is 1. The summed E-state index contributed by atoms with van der Waals surface area (Å²) in [5, 5.41) is 42.5. The van der Waals surface area contributed by atoms with Crippen molar-refractivity contribution in [3.05, 3.63) is 82.5 Å². The van der Waals surface area contributed by atoms with Crippen LogP contribution in [0.5, 0.6) is 11.5 Å². The number of aromatic nitrogens is 2. The van der Waals surface area contributed by atoms with E-state index in [9.17, 15) is 19.8 Å². The topological polar surface area (TPSA) is 222 Å². The molecule has 1 aliphatic carbocycles. The maximum atomic E-state index is 13.5. The Labute approximate surface area is 366 Å². The average molecular weight is 868 g/mol. The van der Waals surface area contributed by atoms with Crippen LogP contribution in [0.3, 0.4) is 0 Å². The van der Waals surface area contributed by atoms with Gasteiger partial charge in [0.1, 0.15) is 28.2 Å². The van der Waals surface area contributed by atoms with E-state index in [0.29, 0.717) is 39.3 Å². The number of nitrogens with one attached hydrogen (secondary N) is 3. The minimum atomic E-state index is -0.532. The Morgan fingerprint density at radius 2 is 1.69 bits per heavy atom. The maximum Gasteiger partial charge on any atom is 0.227 e. The number of carbonyl (C=O) groups is 2. The number of benzene rings is 3. The molecule has 0 bridgehead atoms. The van der Waals surface area contributed by atoms with Crippen LogP contribution >= 0.6 is 23.4 Å². The number of hydrogen-bond acceptors (Lipinski definition) is 13. The summed E-state index contributed by atoms with van der Waals surface area (Å²) >= 11 is 8.16. The van der Waals surface area contributed by atoms with E-state index < -0.39 is 11.6 Å². The second-order valence-corrected chi connectivity index (χ2v) is 18.9. The van der Waals surface area contributed by atoms with Crippen molar-refractivity contribution in [3.63, 3.8) is 0 Å². The van der Waals surface area contributed by atoms with E-state index in [2.05, 4.69) is 32.0 Å². The van der Waals surface area contributed by atoms with Crippen LogP contribution in [0.1, 0.15) is 88.8 Å². The van der Waals surface area contributed by atoms with Gasteiger partial charge in [-0.05, 0) is 111 Å². The summed E-state index contributed by atoms with van der Waals surface area (Å²) in [5.41, 5.74) is 15.3. The summed E-state index contributed by atoms with van der Waals surface area (Å²) in [6.07, 6.45) is 7.10. The molecule has 61 heavy (non-hydrogen) atoms. The monoisotopic (exact) mass is 866 g/mol. The quantitative estimate of drug-likeness (QED) is 0.0568. The van der Waals surface area contributed by atoms with Crippen LogP contribution in [0.2, 0.25) is 5.02 Å². The number of amides is 1. The number of amidine groups is 2. The lowest BCUT2D eigenvalue weighted by atomic mass is 9.57. The molecule has 2 aliphatic heterocycles. The van der Waals surface area contributed by atoms with Crippen molar-refractivity contribution in [1.29, 1.82) is 10.8 Å². The first-order valence-electron chi connectivity index (χ1n) is 20.7. The summed E-state index contributed by atoms with van der Waals surface area (Å²) < 4.78 is 0. The molecule has 3 fully saturated rings. The van der Waals surface area contributed by atoms with E-state index in [1.807, 2.05) is 38.1 Å². The molecule has 322 valence electrons. The highest BCUT2D eigenvalue weighted by atomic mass is 35.5. The van der Waals surface area contributed by atoms with Crippen molar-refractivity contribution in [2.24, 2.45) is 17.1 Å². The summed E-state index contributed by atoms with van der Waals surface area (Å²) in [5.74, 6) is -0.741. The van der Waals surface area contributed by atoms with Gasteiger partial charge in [0.25, 0.3) is 0 Å². The number of ketones is 1. The van der Waals surface area contributed by atoms with Crippen LogP contribution in [0.25, 0.3) is 0 Å².